The lowest BCUT2D eigenvalue weighted by atomic mass is 10.1. The van der Waals surface area contributed by atoms with E-state index in [9.17, 15) is 0 Å². The molecule has 0 radical (unpaired) electrons. The molecular formula is C16H40N4. The first-order valence-corrected chi connectivity index (χ1v) is 8.63. The van der Waals surface area contributed by atoms with E-state index in [1.165, 1.54) is 77.0 Å². The summed E-state index contributed by atoms with van der Waals surface area (Å²) in [7, 11) is 0. The number of hydrogen-bond donors (Lipinski definition) is 4. The van der Waals surface area contributed by atoms with Crippen LogP contribution in [0.4, 0.5) is 0 Å². The molecule has 0 bridgehead atoms. The van der Waals surface area contributed by atoms with Gasteiger partial charge in [-0.1, -0.05) is 51.4 Å². The van der Waals surface area contributed by atoms with Gasteiger partial charge in [-0.3, -0.25) is 0 Å². The van der Waals surface area contributed by atoms with E-state index in [1.54, 1.807) is 0 Å². The van der Waals surface area contributed by atoms with Gasteiger partial charge in [-0.2, -0.15) is 0 Å². The van der Waals surface area contributed by atoms with Crippen molar-refractivity contribution >= 4 is 0 Å². The molecule has 0 amide bonds. The zero-order valence-corrected chi connectivity index (χ0v) is 13.6. The normalized spacial score (nSPS) is 10.2. The monoisotopic (exact) mass is 288 g/mol. The van der Waals surface area contributed by atoms with Crippen molar-refractivity contribution in [3.05, 3.63) is 0 Å². The van der Waals surface area contributed by atoms with Gasteiger partial charge < -0.3 is 22.9 Å². The fraction of sp³-hybridized carbons (Fsp3) is 1.00. The first kappa shape index (κ1) is 22.1. The predicted molar refractivity (Wildman–Crippen MR) is 91.6 cm³/mol. The summed E-state index contributed by atoms with van der Waals surface area (Å²) in [6, 6.07) is 0. The second kappa shape index (κ2) is 23.9. The van der Waals surface area contributed by atoms with Crippen LogP contribution in [0.25, 0.3) is 0 Å². The lowest BCUT2D eigenvalue weighted by Crippen LogP contribution is -1.99. The Kier molecular flexibility index (Phi) is 26.4. The highest BCUT2D eigenvalue weighted by atomic mass is 14.5. The van der Waals surface area contributed by atoms with Crippen LogP contribution in [0.5, 0.6) is 0 Å². The molecule has 0 rings (SSSR count). The summed E-state index contributed by atoms with van der Waals surface area (Å²) < 4.78 is 0. The highest BCUT2D eigenvalue weighted by molar-refractivity contribution is 4.46. The van der Waals surface area contributed by atoms with Crippen molar-refractivity contribution in [2.75, 3.05) is 26.2 Å². The van der Waals surface area contributed by atoms with Gasteiger partial charge in [0.25, 0.3) is 0 Å². The van der Waals surface area contributed by atoms with Crippen molar-refractivity contribution in [1.29, 1.82) is 0 Å². The van der Waals surface area contributed by atoms with Crippen LogP contribution < -0.4 is 22.9 Å². The van der Waals surface area contributed by atoms with E-state index in [-0.39, 0.29) is 0 Å². The molecule has 8 N–H and O–H groups in total. The molecule has 0 aromatic heterocycles. The molecule has 4 nitrogen and oxygen atoms in total. The van der Waals surface area contributed by atoms with Gasteiger partial charge in [-0.15, -0.1) is 0 Å². The Bertz CT molecular complexity index is 110. The Balaban J connectivity index is 0. The van der Waals surface area contributed by atoms with E-state index < -0.39 is 0 Å². The van der Waals surface area contributed by atoms with Crippen LogP contribution in [0.15, 0.2) is 0 Å². The molecule has 0 atom stereocenters. The largest absolute Gasteiger partial charge is 0.330 e. The molecule has 0 saturated carbocycles. The Morgan fingerprint density at radius 2 is 0.400 bits per heavy atom. The molecule has 124 valence electrons. The summed E-state index contributed by atoms with van der Waals surface area (Å²) in [6.07, 6.45) is 15.2. The quantitative estimate of drug-likeness (QED) is 0.369. The predicted octanol–water partition coefficient (Wildman–Crippen LogP) is 2.49. The average Bonchev–Trinajstić information content (AvgIpc) is 2.47. The lowest BCUT2D eigenvalue weighted by Gasteiger charge is -1.97. The van der Waals surface area contributed by atoms with Gasteiger partial charge in [0, 0.05) is 0 Å². The van der Waals surface area contributed by atoms with E-state index in [1.807, 2.05) is 0 Å². The van der Waals surface area contributed by atoms with Crippen molar-refractivity contribution in [1.82, 2.24) is 0 Å². The fourth-order valence-electron chi connectivity index (χ4n) is 1.99. The highest BCUT2D eigenvalue weighted by Crippen LogP contribution is 2.03. The lowest BCUT2D eigenvalue weighted by molar-refractivity contribution is 0.601. The summed E-state index contributed by atoms with van der Waals surface area (Å²) in [5, 5.41) is 0. The first-order valence-electron chi connectivity index (χ1n) is 8.63. The van der Waals surface area contributed by atoms with Gasteiger partial charge in [-0.25, -0.2) is 0 Å². The van der Waals surface area contributed by atoms with Gasteiger partial charge in [0.15, 0.2) is 0 Å². The molecule has 4 heteroatoms. The number of nitrogens with two attached hydrogens (primary N) is 4. The Morgan fingerprint density at radius 3 is 0.550 bits per heavy atom. The van der Waals surface area contributed by atoms with Gasteiger partial charge in [0.05, 0.1) is 0 Å². The molecule has 0 spiro atoms. The Morgan fingerprint density at radius 1 is 0.250 bits per heavy atom. The molecule has 20 heavy (non-hydrogen) atoms. The molecule has 0 aromatic rings. The van der Waals surface area contributed by atoms with Gasteiger partial charge >= 0.3 is 0 Å². The minimum atomic E-state index is 0.844. The average molecular weight is 289 g/mol. The highest BCUT2D eigenvalue weighted by Gasteiger charge is 1.88. The first-order chi connectivity index (χ1) is 9.83. The molecule has 0 fully saturated rings. The van der Waals surface area contributed by atoms with Crippen LogP contribution in [-0.2, 0) is 0 Å². The maximum atomic E-state index is 5.35. The second-order valence-corrected chi connectivity index (χ2v) is 5.40. The fourth-order valence-corrected chi connectivity index (χ4v) is 1.99. The maximum Gasteiger partial charge on any atom is -0.00773 e. The molecule has 0 unspecified atom stereocenters. The van der Waals surface area contributed by atoms with E-state index >= 15 is 0 Å². The topological polar surface area (TPSA) is 104 Å². The molecule has 0 aliphatic carbocycles. The molecule has 0 aliphatic heterocycles. The van der Waals surface area contributed by atoms with Crippen molar-refractivity contribution in [2.24, 2.45) is 22.9 Å². The number of unbranched alkanes of at least 4 members (excludes halogenated alkanes) is 10. The van der Waals surface area contributed by atoms with Crippen molar-refractivity contribution in [3.63, 3.8) is 0 Å². The SMILES string of the molecule is NCCCCCCCCN.NCCCCCCCCN. The third-order valence-corrected chi connectivity index (χ3v) is 3.32. The third-order valence-electron chi connectivity index (χ3n) is 3.32. The molecule has 0 aromatic carbocycles. The molecule has 0 saturated heterocycles. The zero-order chi connectivity index (χ0) is 15.3. The van der Waals surface area contributed by atoms with Gasteiger partial charge in [-0.05, 0) is 51.9 Å². The van der Waals surface area contributed by atoms with Crippen LogP contribution in [-0.4, -0.2) is 26.2 Å². The zero-order valence-electron chi connectivity index (χ0n) is 13.6. The molecule has 0 heterocycles. The molecular weight excluding hydrogens is 248 g/mol. The van der Waals surface area contributed by atoms with Crippen molar-refractivity contribution < 1.29 is 0 Å². The number of hydrogen-bond acceptors (Lipinski definition) is 4. The summed E-state index contributed by atoms with van der Waals surface area (Å²) in [5.74, 6) is 0. The third kappa shape index (κ3) is 26.4. The van der Waals surface area contributed by atoms with Gasteiger partial charge in [0.2, 0.25) is 0 Å². The van der Waals surface area contributed by atoms with Crippen LogP contribution in [0.2, 0.25) is 0 Å². The van der Waals surface area contributed by atoms with E-state index in [0.717, 1.165) is 26.2 Å². The standard InChI is InChI=1S/2C8H20N2/c2*9-7-5-3-1-2-4-6-8-10/h2*1-10H2. The summed E-state index contributed by atoms with van der Waals surface area (Å²) in [6.45, 7) is 3.38. The van der Waals surface area contributed by atoms with Crippen LogP contribution in [0.1, 0.15) is 77.0 Å². The van der Waals surface area contributed by atoms with Gasteiger partial charge in [0.1, 0.15) is 0 Å². The van der Waals surface area contributed by atoms with Crippen molar-refractivity contribution in [2.45, 2.75) is 77.0 Å². The van der Waals surface area contributed by atoms with Crippen LogP contribution in [0.3, 0.4) is 0 Å². The minimum Gasteiger partial charge on any atom is -0.330 e. The van der Waals surface area contributed by atoms with E-state index in [4.69, 9.17) is 22.9 Å². The van der Waals surface area contributed by atoms with E-state index in [0.29, 0.717) is 0 Å². The minimum absolute atomic E-state index is 0.844. The van der Waals surface area contributed by atoms with Crippen LogP contribution in [0, 0.1) is 0 Å². The van der Waals surface area contributed by atoms with Crippen LogP contribution >= 0.6 is 0 Å². The number of rotatable bonds is 14. The summed E-state index contributed by atoms with van der Waals surface area (Å²) in [5.41, 5.74) is 21.4. The van der Waals surface area contributed by atoms with E-state index in [2.05, 4.69) is 0 Å². The molecule has 0 aliphatic rings. The van der Waals surface area contributed by atoms with Crippen molar-refractivity contribution in [3.8, 4) is 0 Å². The maximum absolute atomic E-state index is 5.35. The second-order valence-electron chi connectivity index (χ2n) is 5.40. The Labute approximate surface area is 127 Å². The smallest absolute Gasteiger partial charge is 0.00773 e. The Hall–Kier alpha value is -0.160. The summed E-state index contributed by atoms with van der Waals surface area (Å²) >= 11 is 0. The summed E-state index contributed by atoms with van der Waals surface area (Å²) in [4.78, 5) is 0.